The lowest BCUT2D eigenvalue weighted by Gasteiger charge is -2.29. The van der Waals surface area contributed by atoms with Gasteiger partial charge in [-0.25, -0.2) is 0 Å². The van der Waals surface area contributed by atoms with E-state index in [1.54, 1.807) is 0 Å². The molecular formula is C9H17N3. The van der Waals surface area contributed by atoms with Crippen molar-refractivity contribution in [2.45, 2.75) is 12.5 Å². The van der Waals surface area contributed by atoms with E-state index in [2.05, 4.69) is 27.8 Å². The highest BCUT2D eigenvalue weighted by atomic mass is 15.2. The van der Waals surface area contributed by atoms with Crippen LogP contribution < -0.4 is 10.6 Å². The maximum absolute atomic E-state index is 3.36. The third-order valence-corrected chi connectivity index (χ3v) is 2.56. The first-order chi connectivity index (χ1) is 5.95. The maximum Gasteiger partial charge on any atom is 0.0417 e. The molecule has 2 heterocycles. The molecule has 2 aliphatic heterocycles. The largest absolute Gasteiger partial charge is 0.387 e. The Bertz CT molecular complexity index is 153. The quantitative estimate of drug-likeness (QED) is 0.595. The lowest BCUT2D eigenvalue weighted by molar-refractivity contribution is 0.223. The minimum atomic E-state index is 0.670. The van der Waals surface area contributed by atoms with Gasteiger partial charge in [-0.15, -0.1) is 0 Å². The zero-order valence-corrected chi connectivity index (χ0v) is 7.42. The summed E-state index contributed by atoms with van der Waals surface area (Å²) in [5.41, 5.74) is 0. The Hall–Kier alpha value is -0.540. The predicted octanol–water partition coefficient (Wildman–Crippen LogP) is -0.233. The fourth-order valence-corrected chi connectivity index (χ4v) is 1.84. The molecule has 12 heavy (non-hydrogen) atoms. The van der Waals surface area contributed by atoms with E-state index in [9.17, 15) is 0 Å². The van der Waals surface area contributed by atoms with Gasteiger partial charge in [-0.1, -0.05) is 6.08 Å². The van der Waals surface area contributed by atoms with E-state index >= 15 is 0 Å². The zero-order chi connectivity index (χ0) is 8.23. The van der Waals surface area contributed by atoms with Crippen molar-refractivity contribution in [3.8, 4) is 0 Å². The van der Waals surface area contributed by atoms with Gasteiger partial charge in [0, 0.05) is 38.8 Å². The summed E-state index contributed by atoms with van der Waals surface area (Å²) in [6, 6.07) is 0.670. The van der Waals surface area contributed by atoms with Gasteiger partial charge in [0.05, 0.1) is 0 Å². The van der Waals surface area contributed by atoms with Crippen LogP contribution in [0.4, 0.5) is 0 Å². The number of nitrogens with one attached hydrogen (secondary N) is 2. The molecule has 68 valence electrons. The lowest BCUT2D eigenvalue weighted by atomic mass is 10.2. The van der Waals surface area contributed by atoms with Crippen LogP contribution in [0.15, 0.2) is 12.3 Å². The van der Waals surface area contributed by atoms with Crippen molar-refractivity contribution in [2.24, 2.45) is 0 Å². The number of nitrogens with zero attached hydrogens (tertiary/aromatic N) is 1. The number of rotatable bonds is 2. The highest BCUT2D eigenvalue weighted by Gasteiger charge is 2.15. The number of hydrogen-bond acceptors (Lipinski definition) is 3. The third kappa shape index (κ3) is 1.99. The second-order valence-electron chi connectivity index (χ2n) is 3.55. The molecule has 2 rings (SSSR count). The fraction of sp³-hybridized carbons (Fsp3) is 0.778. The Balaban J connectivity index is 1.70. The molecule has 0 aromatic heterocycles. The maximum atomic E-state index is 3.36. The third-order valence-electron chi connectivity index (χ3n) is 2.56. The van der Waals surface area contributed by atoms with Gasteiger partial charge in [0.1, 0.15) is 0 Å². The van der Waals surface area contributed by atoms with Crippen molar-refractivity contribution in [1.82, 2.24) is 15.5 Å². The van der Waals surface area contributed by atoms with Crippen LogP contribution in [0.2, 0.25) is 0 Å². The van der Waals surface area contributed by atoms with Crippen LogP contribution in [0.25, 0.3) is 0 Å². The molecule has 3 nitrogen and oxygen atoms in total. The van der Waals surface area contributed by atoms with Crippen LogP contribution in [0, 0.1) is 0 Å². The average molecular weight is 167 g/mol. The van der Waals surface area contributed by atoms with Gasteiger partial charge in [0.2, 0.25) is 0 Å². The van der Waals surface area contributed by atoms with E-state index in [0.29, 0.717) is 6.04 Å². The van der Waals surface area contributed by atoms with Crippen LogP contribution in [-0.4, -0.2) is 43.7 Å². The Morgan fingerprint density at radius 2 is 2.17 bits per heavy atom. The van der Waals surface area contributed by atoms with Gasteiger partial charge >= 0.3 is 0 Å². The summed E-state index contributed by atoms with van der Waals surface area (Å²) in [6.07, 6.45) is 5.49. The smallest absolute Gasteiger partial charge is 0.0417 e. The highest BCUT2D eigenvalue weighted by Crippen LogP contribution is 2.04. The van der Waals surface area contributed by atoms with Gasteiger partial charge in [0.15, 0.2) is 0 Å². The van der Waals surface area contributed by atoms with Crippen LogP contribution in [0.3, 0.4) is 0 Å². The fourth-order valence-electron chi connectivity index (χ4n) is 1.84. The normalized spacial score (nSPS) is 30.5. The molecule has 1 unspecified atom stereocenters. The van der Waals surface area contributed by atoms with Crippen molar-refractivity contribution >= 4 is 0 Å². The molecule has 0 amide bonds. The zero-order valence-electron chi connectivity index (χ0n) is 7.42. The Morgan fingerprint density at radius 3 is 2.83 bits per heavy atom. The average Bonchev–Trinajstić information content (AvgIpc) is 2.59. The van der Waals surface area contributed by atoms with Gasteiger partial charge in [-0.2, -0.15) is 0 Å². The van der Waals surface area contributed by atoms with Crippen LogP contribution in [-0.2, 0) is 0 Å². The molecule has 2 aliphatic rings. The molecule has 3 heteroatoms. The van der Waals surface area contributed by atoms with Crippen molar-refractivity contribution < 1.29 is 0 Å². The lowest BCUT2D eigenvalue weighted by Crippen LogP contribution is -2.47. The van der Waals surface area contributed by atoms with Gasteiger partial charge in [-0.3, -0.25) is 4.90 Å². The first kappa shape index (κ1) is 8.08. The first-order valence-electron chi connectivity index (χ1n) is 4.79. The van der Waals surface area contributed by atoms with Gasteiger partial charge < -0.3 is 10.6 Å². The SMILES string of the molecule is C1=CNC(CN2CCNCC2)C1. The van der Waals surface area contributed by atoms with Crippen LogP contribution >= 0.6 is 0 Å². The summed E-state index contributed by atoms with van der Waals surface area (Å²) in [5.74, 6) is 0. The summed E-state index contributed by atoms with van der Waals surface area (Å²) < 4.78 is 0. The van der Waals surface area contributed by atoms with E-state index in [1.165, 1.54) is 26.1 Å². The molecule has 0 spiro atoms. The van der Waals surface area contributed by atoms with Crippen molar-refractivity contribution in [1.29, 1.82) is 0 Å². The highest BCUT2D eigenvalue weighted by molar-refractivity contribution is 4.96. The van der Waals surface area contributed by atoms with Crippen LogP contribution in [0.5, 0.6) is 0 Å². The minimum Gasteiger partial charge on any atom is -0.387 e. The summed E-state index contributed by atoms with van der Waals surface area (Å²) in [7, 11) is 0. The molecule has 0 radical (unpaired) electrons. The van der Waals surface area contributed by atoms with Crippen molar-refractivity contribution in [3.63, 3.8) is 0 Å². The van der Waals surface area contributed by atoms with Gasteiger partial charge in [0.25, 0.3) is 0 Å². The molecule has 2 N–H and O–H groups in total. The Kier molecular flexibility index (Phi) is 2.64. The molecule has 1 saturated heterocycles. The van der Waals surface area contributed by atoms with Crippen molar-refractivity contribution in [2.75, 3.05) is 32.7 Å². The molecule has 0 aromatic rings. The second kappa shape index (κ2) is 3.92. The standard InChI is InChI=1S/C9H17N3/c1-2-9(11-3-1)8-12-6-4-10-5-7-12/h1,3,9-11H,2,4-8H2. The first-order valence-corrected chi connectivity index (χ1v) is 4.79. The summed E-state index contributed by atoms with van der Waals surface area (Å²) in [6.45, 7) is 5.92. The molecule has 1 fully saturated rings. The summed E-state index contributed by atoms with van der Waals surface area (Å²) >= 11 is 0. The van der Waals surface area contributed by atoms with Crippen molar-refractivity contribution in [3.05, 3.63) is 12.3 Å². The molecular weight excluding hydrogens is 150 g/mol. The predicted molar refractivity (Wildman–Crippen MR) is 50.0 cm³/mol. The summed E-state index contributed by atoms with van der Waals surface area (Å²) in [5, 5.41) is 6.72. The topological polar surface area (TPSA) is 27.3 Å². The van der Waals surface area contributed by atoms with E-state index in [4.69, 9.17) is 0 Å². The monoisotopic (exact) mass is 167 g/mol. The number of hydrogen-bond donors (Lipinski definition) is 2. The Labute approximate surface area is 73.8 Å². The molecule has 0 aromatic carbocycles. The van der Waals surface area contributed by atoms with E-state index in [-0.39, 0.29) is 0 Å². The molecule has 0 aliphatic carbocycles. The van der Waals surface area contributed by atoms with Gasteiger partial charge in [-0.05, 0) is 12.6 Å². The second-order valence-corrected chi connectivity index (χ2v) is 3.55. The molecule has 1 atom stereocenters. The van der Waals surface area contributed by atoms with E-state index in [0.717, 1.165) is 13.1 Å². The van der Waals surface area contributed by atoms with Crippen LogP contribution in [0.1, 0.15) is 6.42 Å². The number of piperazine rings is 1. The summed E-state index contributed by atoms with van der Waals surface area (Å²) in [4.78, 5) is 2.53. The molecule has 0 bridgehead atoms. The molecule has 0 saturated carbocycles. The minimum absolute atomic E-state index is 0.670. The van der Waals surface area contributed by atoms with E-state index in [1.807, 2.05) is 0 Å². The Morgan fingerprint density at radius 1 is 1.33 bits per heavy atom. The van der Waals surface area contributed by atoms with E-state index < -0.39 is 0 Å².